The van der Waals surface area contributed by atoms with Gasteiger partial charge in [0.05, 0.1) is 6.61 Å². The number of hydrogen-bond acceptors (Lipinski definition) is 8. The first-order valence-electron chi connectivity index (χ1n) is 4.41. The van der Waals surface area contributed by atoms with Crippen molar-refractivity contribution in [3.05, 3.63) is 0 Å². The van der Waals surface area contributed by atoms with Crippen molar-refractivity contribution in [2.75, 3.05) is 6.61 Å². The Kier molecular flexibility index (Phi) is 4.27. The van der Waals surface area contributed by atoms with Gasteiger partial charge in [0, 0.05) is 0 Å². The lowest BCUT2D eigenvalue weighted by atomic mass is 10.1. The van der Waals surface area contributed by atoms with Gasteiger partial charge in [0.25, 0.3) is 0 Å². The summed E-state index contributed by atoms with van der Waals surface area (Å²) < 4.78 is 18.7. The SMILES string of the molecule is O=P(O)(O)OC(O)[C@@]1(O)OC(CO)[C@@H](O)[C@@H]1O. The van der Waals surface area contributed by atoms with Gasteiger partial charge in [0.1, 0.15) is 18.3 Å². The first kappa shape index (κ1) is 14.9. The number of rotatable bonds is 4. The van der Waals surface area contributed by atoms with Crippen LogP contribution < -0.4 is 0 Å². The summed E-state index contributed by atoms with van der Waals surface area (Å²) in [6.07, 6.45) is -7.89. The minimum Gasteiger partial charge on any atom is -0.394 e. The molecule has 5 atom stereocenters. The average Bonchev–Trinajstić information content (AvgIpc) is 2.41. The Morgan fingerprint density at radius 1 is 1.41 bits per heavy atom. The lowest BCUT2D eigenvalue weighted by molar-refractivity contribution is -0.321. The van der Waals surface area contributed by atoms with Crippen LogP contribution in [-0.4, -0.2) is 72.3 Å². The van der Waals surface area contributed by atoms with Gasteiger partial charge < -0.3 is 40.1 Å². The van der Waals surface area contributed by atoms with E-state index in [2.05, 4.69) is 9.26 Å². The van der Waals surface area contributed by atoms with Crippen LogP contribution in [0.2, 0.25) is 0 Å². The van der Waals surface area contributed by atoms with E-state index in [1.165, 1.54) is 0 Å². The highest BCUT2D eigenvalue weighted by Crippen LogP contribution is 2.42. The summed E-state index contributed by atoms with van der Waals surface area (Å²) >= 11 is 0. The normalized spacial score (nSPS) is 40.5. The van der Waals surface area contributed by atoms with Crippen molar-refractivity contribution in [1.82, 2.24) is 0 Å². The van der Waals surface area contributed by atoms with Crippen LogP contribution >= 0.6 is 7.82 Å². The molecule has 0 amide bonds. The van der Waals surface area contributed by atoms with Gasteiger partial charge >= 0.3 is 7.82 Å². The summed E-state index contributed by atoms with van der Waals surface area (Å²) in [5, 5.41) is 46.2. The molecular formula is C6H13O10P. The molecule has 1 saturated heterocycles. The lowest BCUT2D eigenvalue weighted by Gasteiger charge is -2.30. The molecule has 0 spiro atoms. The maximum atomic E-state index is 10.4. The molecule has 11 heteroatoms. The molecule has 1 fully saturated rings. The summed E-state index contributed by atoms with van der Waals surface area (Å²) in [4.78, 5) is 16.8. The maximum absolute atomic E-state index is 10.4. The fraction of sp³-hybridized carbons (Fsp3) is 1.00. The number of aliphatic hydroxyl groups excluding tert-OH is 4. The van der Waals surface area contributed by atoms with Gasteiger partial charge in [-0.3, -0.25) is 4.52 Å². The van der Waals surface area contributed by atoms with E-state index in [9.17, 15) is 25.0 Å². The molecule has 102 valence electrons. The Morgan fingerprint density at radius 2 is 1.94 bits per heavy atom. The topological polar surface area (TPSA) is 177 Å². The zero-order chi connectivity index (χ0) is 13.4. The van der Waals surface area contributed by atoms with Gasteiger partial charge in [-0.1, -0.05) is 0 Å². The van der Waals surface area contributed by atoms with Crippen molar-refractivity contribution in [3.63, 3.8) is 0 Å². The van der Waals surface area contributed by atoms with Gasteiger partial charge in [-0.25, -0.2) is 4.57 Å². The standard InChI is InChI=1S/C6H13O10P/c7-1-2-3(8)4(9)6(11,15-2)5(10)16-17(12,13)14/h2-5,7-11H,1H2,(H2,12,13,14)/t2?,3-,4+,5?,6+/m1/s1. The number of ether oxygens (including phenoxy) is 1. The number of aliphatic hydroxyl groups is 5. The number of phosphoric ester groups is 1. The predicted octanol–water partition coefficient (Wildman–Crippen LogP) is -3.78. The van der Waals surface area contributed by atoms with E-state index in [-0.39, 0.29) is 0 Å². The molecule has 17 heavy (non-hydrogen) atoms. The zero-order valence-electron chi connectivity index (χ0n) is 8.32. The highest BCUT2D eigenvalue weighted by molar-refractivity contribution is 7.46. The van der Waals surface area contributed by atoms with Gasteiger partial charge in [-0.15, -0.1) is 0 Å². The molecular weight excluding hydrogens is 263 g/mol. The molecule has 0 aliphatic carbocycles. The van der Waals surface area contributed by atoms with Crippen LogP contribution in [0.4, 0.5) is 0 Å². The molecule has 0 aromatic rings. The highest BCUT2D eigenvalue weighted by atomic mass is 31.2. The monoisotopic (exact) mass is 276 g/mol. The summed E-state index contributed by atoms with van der Waals surface area (Å²) in [6, 6.07) is 0. The fourth-order valence-corrected chi connectivity index (χ4v) is 1.80. The third-order valence-corrected chi connectivity index (χ3v) is 2.71. The molecule has 0 aromatic heterocycles. The summed E-state index contributed by atoms with van der Waals surface area (Å²) in [5.41, 5.74) is 0. The van der Waals surface area contributed by atoms with Crippen LogP contribution in [0, 0.1) is 0 Å². The molecule has 1 heterocycles. The van der Waals surface area contributed by atoms with E-state index < -0.39 is 44.8 Å². The Bertz CT molecular complexity index is 316. The second-order valence-electron chi connectivity index (χ2n) is 3.47. The molecule has 0 radical (unpaired) electrons. The summed E-state index contributed by atoms with van der Waals surface area (Å²) in [7, 11) is -5.14. The first-order valence-corrected chi connectivity index (χ1v) is 5.94. The lowest BCUT2D eigenvalue weighted by Crippen LogP contribution is -2.53. The molecule has 1 aliphatic heterocycles. The Morgan fingerprint density at radius 3 is 2.29 bits per heavy atom. The number of hydrogen-bond donors (Lipinski definition) is 7. The van der Waals surface area contributed by atoms with Crippen molar-refractivity contribution < 1.29 is 49.1 Å². The van der Waals surface area contributed by atoms with Crippen LogP contribution in [-0.2, 0) is 13.8 Å². The molecule has 0 bridgehead atoms. The van der Waals surface area contributed by atoms with Gasteiger partial charge in [0.2, 0.25) is 12.1 Å². The van der Waals surface area contributed by atoms with Crippen LogP contribution in [0.1, 0.15) is 0 Å². The van der Waals surface area contributed by atoms with E-state index in [1.54, 1.807) is 0 Å². The van der Waals surface area contributed by atoms with E-state index in [0.29, 0.717) is 0 Å². The van der Waals surface area contributed by atoms with E-state index in [4.69, 9.17) is 14.9 Å². The Hall–Kier alpha value is -0.130. The first-order chi connectivity index (χ1) is 7.62. The van der Waals surface area contributed by atoms with E-state index in [0.717, 1.165) is 0 Å². The van der Waals surface area contributed by atoms with E-state index in [1.807, 2.05) is 0 Å². The van der Waals surface area contributed by atoms with Gasteiger partial charge in [0.15, 0.2) is 0 Å². The maximum Gasteiger partial charge on any atom is 0.472 e. The molecule has 7 N–H and O–H groups in total. The molecule has 1 aliphatic rings. The summed E-state index contributed by atoms with van der Waals surface area (Å²) in [6.45, 7) is -0.789. The molecule has 10 nitrogen and oxygen atoms in total. The van der Waals surface area contributed by atoms with Crippen molar-refractivity contribution in [1.29, 1.82) is 0 Å². The van der Waals surface area contributed by atoms with Crippen molar-refractivity contribution in [3.8, 4) is 0 Å². The van der Waals surface area contributed by atoms with Crippen molar-refractivity contribution >= 4 is 7.82 Å². The molecule has 1 rings (SSSR count). The highest BCUT2D eigenvalue weighted by Gasteiger charge is 2.59. The van der Waals surface area contributed by atoms with Crippen LogP contribution in [0.15, 0.2) is 0 Å². The Labute approximate surface area is 94.9 Å². The average molecular weight is 276 g/mol. The van der Waals surface area contributed by atoms with Crippen LogP contribution in [0.25, 0.3) is 0 Å². The Balaban J connectivity index is 2.85. The third-order valence-electron chi connectivity index (χ3n) is 2.24. The quantitative estimate of drug-likeness (QED) is 0.199. The largest absolute Gasteiger partial charge is 0.472 e. The number of phosphoric acid groups is 1. The van der Waals surface area contributed by atoms with E-state index >= 15 is 0 Å². The molecule has 2 unspecified atom stereocenters. The molecule has 0 saturated carbocycles. The van der Waals surface area contributed by atoms with Crippen molar-refractivity contribution in [2.24, 2.45) is 0 Å². The van der Waals surface area contributed by atoms with Crippen LogP contribution in [0.5, 0.6) is 0 Å². The molecule has 0 aromatic carbocycles. The smallest absolute Gasteiger partial charge is 0.394 e. The minimum absolute atomic E-state index is 0.789. The zero-order valence-corrected chi connectivity index (χ0v) is 9.21. The summed E-state index contributed by atoms with van der Waals surface area (Å²) in [5.74, 6) is -2.95. The van der Waals surface area contributed by atoms with Gasteiger partial charge in [-0.05, 0) is 0 Å². The van der Waals surface area contributed by atoms with Crippen molar-refractivity contribution in [2.45, 2.75) is 30.4 Å². The third kappa shape index (κ3) is 3.01. The van der Waals surface area contributed by atoms with Gasteiger partial charge in [-0.2, -0.15) is 0 Å². The minimum atomic E-state index is -5.14. The second-order valence-corrected chi connectivity index (χ2v) is 4.67. The second kappa shape index (κ2) is 4.86. The van der Waals surface area contributed by atoms with Crippen LogP contribution in [0.3, 0.4) is 0 Å². The predicted molar refractivity (Wildman–Crippen MR) is 48.1 cm³/mol. The fourth-order valence-electron chi connectivity index (χ4n) is 1.39.